The van der Waals surface area contributed by atoms with E-state index in [1.54, 1.807) is 25.2 Å². The van der Waals surface area contributed by atoms with Gasteiger partial charge in [-0.2, -0.15) is 0 Å². The first-order chi connectivity index (χ1) is 18.2. The number of quaternary nitrogens is 1. The predicted molar refractivity (Wildman–Crippen MR) is 140 cm³/mol. The van der Waals surface area contributed by atoms with Crippen LogP contribution in [0.2, 0.25) is 5.02 Å². The Bertz CT molecular complexity index is 1290. The van der Waals surface area contributed by atoms with Gasteiger partial charge >= 0.3 is 5.91 Å². The highest BCUT2D eigenvalue weighted by molar-refractivity contribution is 6.31. The number of piperidine rings is 1. The Balaban J connectivity index is 1.22. The highest BCUT2D eigenvalue weighted by Gasteiger charge is 2.51. The summed E-state index contributed by atoms with van der Waals surface area (Å²) < 4.78 is 5.32. The van der Waals surface area contributed by atoms with E-state index in [4.69, 9.17) is 16.3 Å². The number of carbonyl (C=O) groups is 4. The zero-order valence-electron chi connectivity index (χ0n) is 21.4. The number of ether oxygens (including phenoxy) is 1. The van der Waals surface area contributed by atoms with Gasteiger partial charge in [-0.3, -0.25) is 24.6 Å². The van der Waals surface area contributed by atoms with Gasteiger partial charge in [0, 0.05) is 55.2 Å². The lowest BCUT2D eigenvalue weighted by Crippen LogP contribution is -2.61. The third-order valence-corrected chi connectivity index (χ3v) is 8.19. The van der Waals surface area contributed by atoms with Gasteiger partial charge in [0.05, 0.1) is 25.8 Å². The number of imide groups is 1. The van der Waals surface area contributed by atoms with Gasteiger partial charge in [0.2, 0.25) is 5.91 Å². The molecular weight excluding hydrogens is 508 g/mol. The highest BCUT2D eigenvalue weighted by Crippen LogP contribution is 2.34. The van der Waals surface area contributed by atoms with Crippen molar-refractivity contribution in [2.75, 3.05) is 39.9 Å². The summed E-state index contributed by atoms with van der Waals surface area (Å²) in [6.45, 7) is 4.80. The summed E-state index contributed by atoms with van der Waals surface area (Å²) >= 11 is 6.41. The van der Waals surface area contributed by atoms with Crippen molar-refractivity contribution in [1.29, 1.82) is 0 Å². The zero-order valence-corrected chi connectivity index (χ0v) is 22.2. The maximum atomic E-state index is 13.2. The van der Waals surface area contributed by atoms with Crippen LogP contribution in [0.25, 0.3) is 0 Å². The normalized spacial score (nSPS) is 23.7. The van der Waals surface area contributed by atoms with Crippen molar-refractivity contribution < 1.29 is 28.4 Å². The number of hydrogen-bond donors (Lipinski definition) is 2. The third kappa shape index (κ3) is 5.37. The maximum Gasteiger partial charge on any atom is 0.347 e. The molecule has 10 heteroatoms. The Labute approximate surface area is 226 Å². The molecule has 2 aromatic carbocycles. The van der Waals surface area contributed by atoms with Crippen molar-refractivity contribution in [3.63, 3.8) is 0 Å². The van der Waals surface area contributed by atoms with Crippen LogP contribution >= 0.6 is 11.6 Å². The van der Waals surface area contributed by atoms with Gasteiger partial charge in [-0.25, -0.2) is 9.28 Å². The topological polar surface area (TPSA) is 105 Å². The number of likely N-dealkylation sites (N-methyl/N-ethyl adjacent to an activating group) is 1. The lowest BCUT2D eigenvalue weighted by molar-refractivity contribution is -0.855. The van der Waals surface area contributed by atoms with Gasteiger partial charge in [0.15, 0.2) is 6.04 Å². The van der Waals surface area contributed by atoms with Gasteiger partial charge in [0.25, 0.3) is 11.8 Å². The second-order valence-electron chi connectivity index (χ2n) is 10.4. The number of morpholine rings is 1. The number of halogens is 1. The molecule has 2 fully saturated rings. The minimum absolute atomic E-state index is 0.0811. The first-order valence-corrected chi connectivity index (χ1v) is 13.3. The lowest BCUT2D eigenvalue weighted by atomic mass is 10.0. The summed E-state index contributed by atoms with van der Waals surface area (Å²) in [5.41, 5.74) is 3.76. The molecule has 2 saturated heterocycles. The number of carbonyl (C=O) groups excluding carboxylic acids is 4. The Hall–Kier alpha value is -3.11. The molecule has 2 atom stereocenters. The van der Waals surface area contributed by atoms with Crippen LogP contribution in [0.1, 0.15) is 50.2 Å². The van der Waals surface area contributed by atoms with Crippen LogP contribution in [0.5, 0.6) is 0 Å². The standard InChI is InChI=1S/C28H31ClN4O5/c1-33(24-6-7-25(34)31-27(24)36)17-21-14-18(2-4-22(21)28(33)37)16-30-26(35)20-3-5-23(29)19(15-20)8-9-32-10-12-38-13-11-32/h2-5,14-15,24H,6-13,16-17H2,1H3,(H-,30,31,34,35,36)/p+1. The molecule has 0 aromatic heterocycles. The third-order valence-electron chi connectivity index (χ3n) is 7.82. The van der Waals surface area contributed by atoms with E-state index in [0.717, 1.165) is 56.0 Å². The monoisotopic (exact) mass is 539 g/mol. The molecule has 0 saturated carbocycles. The van der Waals surface area contributed by atoms with Gasteiger partial charge in [0.1, 0.15) is 6.54 Å². The molecule has 0 spiro atoms. The number of fused-ring (bicyclic) bond motifs is 1. The van der Waals surface area contributed by atoms with Gasteiger partial charge < -0.3 is 10.1 Å². The first-order valence-electron chi connectivity index (χ1n) is 13.0. The van der Waals surface area contributed by atoms with Crippen LogP contribution in [-0.2, 0) is 33.8 Å². The Kier molecular flexibility index (Phi) is 7.63. The van der Waals surface area contributed by atoms with E-state index < -0.39 is 11.9 Å². The zero-order chi connectivity index (χ0) is 26.9. The van der Waals surface area contributed by atoms with Crippen LogP contribution in [0.15, 0.2) is 36.4 Å². The summed E-state index contributed by atoms with van der Waals surface area (Å²) in [6, 6.07) is 10.2. The summed E-state index contributed by atoms with van der Waals surface area (Å²) in [7, 11) is 1.75. The highest BCUT2D eigenvalue weighted by atomic mass is 35.5. The van der Waals surface area contributed by atoms with Crippen molar-refractivity contribution in [3.8, 4) is 0 Å². The predicted octanol–water partition coefficient (Wildman–Crippen LogP) is 2.05. The molecule has 9 nitrogen and oxygen atoms in total. The number of nitrogens with one attached hydrogen (secondary N) is 2. The maximum absolute atomic E-state index is 13.2. The number of rotatable bonds is 7. The number of benzene rings is 2. The summed E-state index contributed by atoms with van der Waals surface area (Å²) in [5, 5.41) is 5.98. The van der Waals surface area contributed by atoms with Crippen LogP contribution < -0.4 is 10.6 Å². The second-order valence-corrected chi connectivity index (χ2v) is 10.8. The molecule has 0 radical (unpaired) electrons. The van der Waals surface area contributed by atoms with E-state index in [2.05, 4.69) is 15.5 Å². The molecule has 4 amide bonds. The smallest absolute Gasteiger partial charge is 0.347 e. The van der Waals surface area contributed by atoms with E-state index in [-0.39, 0.29) is 28.6 Å². The fourth-order valence-electron chi connectivity index (χ4n) is 5.57. The van der Waals surface area contributed by atoms with Crippen molar-refractivity contribution in [3.05, 3.63) is 69.2 Å². The minimum atomic E-state index is -0.599. The molecule has 3 aliphatic heterocycles. The average molecular weight is 540 g/mol. The van der Waals surface area contributed by atoms with Crippen LogP contribution in [0.3, 0.4) is 0 Å². The molecule has 5 rings (SSSR count). The van der Waals surface area contributed by atoms with E-state index in [0.29, 0.717) is 35.7 Å². The van der Waals surface area contributed by atoms with Crippen molar-refractivity contribution in [2.45, 2.75) is 38.4 Å². The Morgan fingerprint density at radius 3 is 2.71 bits per heavy atom. The van der Waals surface area contributed by atoms with Gasteiger partial charge in [-0.15, -0.1) is 0 Å². The second kappa shape index (κ2) is 10.9. The van der Waals surface area contributed by atoms with E-state index in [1.807, 2.05) is 18.2 Å². The van der Waals surface area contributed by atoms with Crippen molar-refractivity contribution in [2.24, 2.45) is 0 Å². The summed E-state index contributed by atoms with van der Waals surface area (Å²) in [4.78, 5) is 52.6. The van der Waals surface area contributed by atoms with Crippen LogP contribution in [0, 0.1) is 0 Å². The summed E-state index contributed by atoms with van der Waals surface area (Å²) in [6.07, 6.45) is 1.33. The molecule has 3 heterocycles. The van der Waals surface area contributed by atoms with Gasteiger partial charge in [-0.05, 0) is 47.9 Å². The molecular formula is C28H32ClN4O5+. The van der Waals surface area contributed by atoms with Crippen molar-refractivity contribution in [1.82, 2.24) is 15.5 Å². The van der Waals surface area contributed by atoms with Crippen LogP contribution in [0.4, 0.5) is 0 Å². The van der Waals surface area contributed by atoms with E-state index in [9.17, 15) is 19.2 Å². The van der Waals surface area contributed by atoms with E-state index in [1.165, 1.54) is 0 Å². The first kappa shape index (κ1) is 26.5. The fraction of sp³-hybridized carbons (Fsp3) is 0.429. The molecule has 38 heavy (non-hydrogen) atoms. The molecule has 200 valence electrons. The Morgan fingerprint density at radius 2 is 1.95 bits per heavy atom. The molecule has 0 aliphatic carbocycles. The number of nitrogens with zero attached hydrogens (tertiary/aromatic N) is 2. The fourth-order valence-corrected chi connectivity index (χ4v) is 5.78. The van der Waals surface area contributed by atoms with Gasteiger partial charge in [-0.1, -0.05) is 17.7 Å². The van der Waals surface area contributed by atoms with Crippen LogP contribution in [-0.4, -0.2) is 78.9 Å². The lowest BCUT2D eigenvalue weighted by Gasteiger charge is -2.35. The number of hydrogen-bond acceptors (Lipinski definition) is 6. The molecule has 2 aromatic rings. The molecule has 3 aliphatic rings. The van der Waals surface area contributed by atoms with E-state index >= 15 is 0 Å². The minimum Gasteiger partial charge on any atom is -0.379 e. The SMILES string of the molecule is C[N+]1(C2CCC(=O)NC2=O)Cc2cc(CNC(=O)c3ccc(Cl)c(CCN4CCOCC4)c3)ccc2C1=O. The average Bonchev–Trinajstić information content (AvgIpc) is 3.16. The largest absolute Gasteiger partial charge is 0.379 e. The Morgan fingerprint density at radius 1 is 1.16 bits per heavy atom. The van der Waals surface area contributed by atoms with Crippen molar-refractivity contribution >= 4 is 35.2 Å². The molecule has 0 bridgehead atoms. The molecule has 2 unspecified atom stereocenters. The summed E-state index contributed by atoms with van der Waals surface area (Å²) in [5.74, 6) is -1.03. The molecule has 2 N–H and O–H groups in total. The number of amides is 4. The quantitative estimate of drug-likeness (QED) is 0.412.